The molecule has 1 aliphatic heterocycles. The zero-order valence-electron chi connectivity index (χ0n) is 12.1. The van der Waals surface area contributed by atoms with E-state index in [9.17, 15) is 4.79 Å². The second-order valence-corrected chi connectivity index (χ2v) is 6.20. The van der Waals surface area contributed by atoms with E-state index in [1.807, 2.05) is 25.1 Å². The number of amides is 1. The third-order valence-electron chi connectivity index (χ3n) is 4.68. The van der Waals surface area contributed by atoms with Gasteiger partial charge < -0.3 is 11.1 Å². The number of benzene rings is 1. The number of nitrogens with zero attached hydrogens (tertiary/aromatic N) is 1. The number of hydrogen-bond acceptors (Lipinski definition) is 3. The first-order valence-corrected chi connectivity index (χ1v) is 7.52. The van der Waals surface area contributed by atoms with Gasteiger partial charge in [-0.2, -0.15) is 0 Å². The van der Waals surface area contributed by atoms with Gasteiger partial charge in [0.15, 0.2) is 0 Å². The maximum Gasteiger partial charge on any atom is 0.225 e. The van der Waals surface area contributed by atoms with Crippen LogP contribution in [-0.4, -0.2) is 29.9 Å². The number of nitrogen functional groups attached to an aromatic ring is 1. The molecule has 1 saturated heterocycles. The summed E-state index contributed by atoms with van der Waals surface area (Å²) in [5.41, 5.74) is 8.32. The number of nitrogens with one attached hydrogen (secondary N) is 1. The summed E-state index contributed by atoms with van der Waals surface area (Å²) >= 11 is 0. The zero-order valence-corrected chi connectivity index (χ0v) is 12.1. The molecule has 2 bridgehead atoms. The van der Waals surface area contributed by atoms with Gasteiger partial charge in [-0.3, -0.25) is 9.69 Å². The van der Waals surface area contributed by atoms with Gasteiger partial charge in [0.05, 0.1) is 0 Å². The molecule has 4 heteroatoms. The van der Waals surface area contributed by atoms with Crippen molar-refractivity contribution in [2.75, 3.05) is 24.1 Å². The molecule has 2 aliphatic rings. The zero-order chi connectivity index (χ0) is 14.1. The fraction of sp³-hybridized carbons (Fsp3) is 0.562. The van der Waals surface area contributed by atoms with E-state index in [-0.39, 0.29) is 5.91 Å². The van der Waals surface area contributed by atoms with Crippen molar-refractivity contribution in [1.29, 1.82) is 0 Å². The number of carbonyl (C=O) groups is 1. The predicted octanol–water partition coefficient (Wildman–Crippen LogP) is 2.39. The van der Waals surface area contributed by atoms with Crippen LogP contribution in [0, 0.1) is 12.8 Å². The lowest BCUT2D eigenvalue weighted by Crippen LogP contribution is -2.34. The molecule has 1 aromatic rings. The van der Waals surface area contributed by atoms with E-state index in [4.69, 9.17) is 5.73 Å². The Morgan fingerprint density at radius 3 is 3.00 bits per heavy atom. The average Bonchev–Trinajstić information content (AvgIpc) is 3.03. The Morgan fingerprint density at radius 2 is 2.30 bits per heavy atom. The minimum Gasteiger partial charge on any atom is -0.399 e. The summed E-state index contributed by atoms with van der Waals surface area (Å²) in [5, 5.41) is 2.97. The summed E-state index contributed by atoms with van der Waals surface area (Å²) in [4.78, 5) is 14.5. The molecule has 4 nitrogen and oxygen atoms in total. The van der Waals surface area contributed by atoms with E-state index in [2.05, 4.69) is 10.2 Å². The molecule has 0 aromatic heterocycles. The molecular weight excluding hydrogens is 250 g/mol. The van der Waals surface area contributed by atoms with Crippen LogP contribution in [0.25, 0.3) is 0 Å². The smallest absolute Gasteiger partial charge is 0.225 e. The van der Waals surface area contributed by atoms with Crippen molar-refractivity contribution in [3.05, 3.63) is 23.8 Å². The van der Waals surface area contributed by atoms with Crippen LogP contribution in [0.4, 0.5) is 11.4 Å². The number of hydrogen-bond donors (Lipinski definition) is 2. The molecule has 3 N–H and O–H groups in total. The predicted molar refractivity (Wildman–Crippen MR) is 81.5 cm³/mol. The van der Waals surface area contributed by atoms with E-state index in [0.717, 1.165) is 29.8 Å². The van der Waals surface area contributed by atoms with Crippen molar-refractivity contribution in [2.45, 2.75) is 38.6 Å². The van der Waals surface area contributed by atoms with Crippen LogP contribution in [-0.2, 0) is 4.79 Å². The van der Waals surface area contributed by atoms with Gasteiger partial charge in [-0.25, -0.2) is 0 Å². The molecular formula is C16H23N3O. The highest BCUT2D eigenvalue weighted by atomic mass is 16.1. The van der Waals surface area contributed by atoms with Crippen LogP contribution >= 0.6 is 0 Å². The van der Waals surface area contributed by atoms with Crippen LogP contribution in [0.5, 0.6) is 0 Å². The first-order chi connectivity index (χ1) is 9.61. The monoisotopic (exact) mass is 273 g/mol. The molecule has 2 unspecified atom stereocenters. The van der Waals surface area contributed by atoms with Crippen LogP contribution in [0.2, 0.25) is 0 Å². The molecule has 1 amide bonds. The van der Waals surface area contributed by atoms with E-state index < -0.39 is 0 Å². The number of anilines is 2. The fourth-order valence-corrected chi connectivity index (χ4v) is 3.53. The van der Waals surface area contributed by atoms with Crippen molar-refractivity contribution in [3.8, 4) is 0 Å². The molecule has 1 saturated carbocycles. The molecule has 1 aliphatic carbocycles. The number of fused-ring (bicyclic) bond motifs is 2. The normalized spacial score (nSPS) is 25.1. The van der Waals surface area contributed by atoms with Crippen molar-refractivity contribution in [2.24, 2.45) is 5.92 Å². The Hall–Kier alpha value is -1.55. The van der Waals surface area contributed by atoms with E-state index >= 15 is 0 Å². The average molecular weight is 273 g/mol. The topological polar surface area (TPSA) is 58.4 Å². The lowest BCUT2D eigenvalue weighted by atomic mass is 10.1. The lowest BCUT2D eigenvalue weighted by Gasteiger charge is -2.26. The Bertz CT molecular complexity index is 514. The quantitative estimate of drug-likeness (QED) is 0.828. The van der Waals surface area contributed by atoms with Gasteiger partial charge in [-0.1, -0.05) is 6.07 Å². The highest BCUT2D eigenvalue weighted by Crippen LogP contribution is 2.37. The van der Waals surface area contributed by atoms with E-state index in [0.29, 0.717) is 12.1 Å². The summed E-state index contributed by atoms with van der Waals surface area (Å²) in [6.45, 7) is 4.05. The molecule has 3 rings (SSSR count). The van der Waals surface area contributed by atoms with Crippen LogP contribution in [0.15, 0.2) is 18.2 Å². The third-order valence-corrected chi connectivity index (χ3v) is 4.68. The second kappa shape index (κ2) is 5.44. The Balaban J connectivity index is 1.51. The van der Waals surface area contributed by atoms with Gasteiger partial charge in [0.25, 0.3) is 0 Å². The summed E-state index contributed by atoms with van der Waals surface area (Å²) in [6.07, 6.45) is 4.61. The Labute approximate surface area is 120 Å². The molecule has 108 valence electrons. The molecule has 0 radical (unpaired) electrons. The molecule has 2 atom stereocenters. The summed E-state index contributed by atoms with van der Waals surface area (Å²) in [5.74, 6) is 0.973. The van der Waals surface area contributed by atoms with E-state index in [1.54, 1.807) is 0 Å². The van der Waals surface area contributed by atoms with Crippen molar-refractivity contribution in [3.63, 3.8) is 0 Å². The fourth-order valence-electron chi connectivity index (χ4n) is 3.53. The van der Waals surface area contributed by atoms with Gasteiger partial charge in [-0.05, 0) is 49.8 Å². The van der Waals surface area contributed by atoms with E-state index in [1.165, 1.54) is 25.8 Å². The molecule has 2 fully saturated rings. The number of carbonyl (C=O) groups excluding carboxylic acids is 1. The second-order valence-electron chi connectivity index (χ2n) is 6.20. The summed E-state index contributed by atoms with van der Waals surface area (Å²) in [7, 11) is 0. The van der Waals surface area contributed by atoms with Crippen molar-refractivity contribution < 1.29 is 4.79 Å². The lowest BCUT2D eigenvalue weighted by molar-refractivity contribution is -0.116. The minimum absolute atomic E-state index is 0.0847. The minimum atomic E-state index is 0.0847. The molecule has 20 heavy (non-hydrogen) atoms. The number of piperidine rings is 1. The van der Waals surface area contributed by atoms with Gasteiger partial charge in [0, 0.05) is 36.9 Å². The van der Waals surface area contributed by atoms with Gasteiger partial charge in [-0.15, -0.1) is 0 Å². The molecule has 1 heterocycles. The standard InChI is InChI=1S/C16H23N3O/c1-11-2-4-13(17)9-15(11)18-16(20)6-7-19-10-12-3-5-14(19)8-12/h2,4,9,12,14H,3,5-8,10,17H2,1H3,(H,18,20). The van der Waals surface area contributed by atoms with Crippen LogP contribution in [0.3, 0.4) is 0 Å². The number of aryl methyl sites for hydroxylation is 1. The Kier molecular flexibility index (Phi) is 3.66. The number of rotatable bonds is 4. The highest BCUT2D eigenvalue weighted by molar-refractivity contribution is 5.92. The maximum atomic E-state index is 12.1. The molecule has 1 aromatic carbocycles. The van der Waals surface area contributed by atoms with Gasteiger partial charge in [0.2, 0.25) is 5.91 Å². The van der Waals surface area contributed by atoms with Crippen LogP contribution in [0.1, 0.15) is 31.2 Å². The first kappa shape index (κ1) is 13.4. The largest absolute Gasteiger partial charge is 0.399 e. The highest BCUT2D eigenvalue weighted by Gasteiger charge is 2.37. The van der Waals surface area contributed by atoms with Crippen molar-refractivity contribution >= 4 is 17.3 Å². The maximum absolute atomic E-state index is 12.1. The van der Waals surface area contributed by atoms with Gasteiger partial charge in [0.1, 0.15) is 0 Å². The first-order valence-electron chi connectivity index (χ1n) is 7.52. The third kappa shape index (κ3) is 2.80. The van der Waals surface area contributed by atoms with Crippen molar-refractivity contribution in [1.82, 2.24) is 4.90 Å². The summed E-state index contributed by atoms with van der Waals surface area (Å²) in [6, 6.07) is 6.35. The number of likely N-dealkylation sites (tertiary alicyclic amines) is 1. The molecule has 0 spiro atoms. The SMILES string of the molecule is Cc1ccc(N)cc1NC(=O)CCN1CC2CCC1C2. The summed E-state index contributed by atoms with van der Waals surface area (Å²) < 4.78 is 0. The number of nitrogens with two attached hydrogens (primary N) is 1. The van der Waals surface area contributed by atoms with Gasteiger partial charge >= 0.3 is 0 Å². The van der Waals surface area contributed by atoms with Crippen LogP contribution < -0.4 is 11.1 Å². The Morgan fingerprint density at radius 1 is 1.45 bits per heavy atom.